The topological polar surface area (TPSA) is 115 Å². The molecule has 0 bridgehead atoms. The maximum Gasteiger partial charge on any atom is 0.356 e. The summed E-state index contributed by atoms with van der Waals surface area (Å²) in [5, 5.41) is 15.8. The highest BCUT2D eigenvalue weighted by molar-refractivity contribution is 6.05. The molecule has 3 rings (SSSR count). The molecule has 0 unspecified atom stereocenters. The molecule has 1 aliphatic heterocycles. The molecule has 0 fully saturated rings. The number of benzene rings is 1. The number of aromatic nitrogens is 2. The summed E-state index contributed by atoms with van der Waals surface area (Å²) in [5.41, 5.74) is 0.627. The molecule has 0 spiro atoms. The van der Waals surface area contributed by atoms with Crippen molar-refractivity contribution in [2.75, 3.05) is 19.2 Å². The summed E-state index contributed by atoms with van der Waals surface area (Å²) in [6, 6.07) is 6.27. The minimum atomic E-state index is -0.607. The number of anilines is 1. The van der Waals surface area contributed by atoms with Crippen molar-refractivity contribution in [1.82, 2.24) is 9.78 Å². The lowest BCUT2D eigenvalue weighted by molar-refractivity contribution is 0.0588. The van der Waals surface area contributed by atoms with Crippen molar-refractivity contribution in [1.29, 1.82) is 5.26 Å². The number of ether oxygens (including phenoxy) is 3. The number of carbonyl (C=O) groups excluding carboxylic acids is 2. The van der Waals surface area contributed by atoms with E-state index in [9.17, 15) is 14.9 Å². The van der Waals surface area contributed by atoms with Gasteiger partial charge in [-0.3, -0.25) is 9.48 Å². The Morgan fingerprint density at radius 3 is 2.71 bits per heavy atom. The first-order chi connectivity index (χ1) is 11.5. The molecule has 122 valence electrons. The molecule has 0 radical (unpaired) electrons. The first-order valence-corrected chi connectivity index (χ1v) is 6.81. The van der Waals surface area contributed by atoms with Gasteiger partial charge in [0.25, 0.3) is 5.91 Å². The zero-order valence-corrected chi connectivity index (χ0v) is 12.8. The van der Waals surface area contributed by atoms with Crippen LogP contribution in [0.5, 0.6) is 11.5 Å². The molecule has 0 aliphatic carbocycles. The van der Waals surface area contributed by atoms with Crippen LogP contribution in [0.15, 0.2) is 18.2 Å². The lowest BCUT2D eigenvalue weighted by Crippen LogP contribution is -2.14. The summed E-state index contributed by atoms with van der Waals surface area (Å²) in [4.78, 5) is 23.9. The second-order valence-electron chi connectivity index (χ2n) is 4.85. The van der Waals surface area contributed by atoms with Gasteiger partial charge in [-0.25, -0.2) is 4.79 Å². The number of methoxy groups -OCH3 is 1. The highest BCUT2D eigenvalue weighted by Gasteiger charge is 2.21. The number of nitrogens with one attached hydrogen (secondary N) is 1. The third-order valence-electron chi connectivity index (χ3n) is 3.39. The minimum Gasteiger partial charge on any atom is -0.464 e. The summed E-state index contributed by atoms with van der Waals surface area (Å²) >= 11 is 0. The number of rotatable bonds is 3. The molecular weight excluding hydrogens is 316 g/mol. The van der Waals surface area contributed by atoms with Gasteiger partial charge in [-0.05, 0) is 0 Å². The van der Waals surface area contributed by atoms with Crippen LogP contribution in [0.2, 0.25) is 0 Å². The highest BCUT2D eigenvalue weighted by Crippen LogP contribution is 2.36. The molecule has 1 aromatic carbocycles. The molecule has 1 amide bonds. The molecular formula is C15H12N4O5. The number of nitrogens with zero attached hydrogens (tertiary/aromatic N) is 3. The normalized spacial score (nSPS) is 11.7. The van der Waals surface area contributed by atoms with Crippen molar-refractivity contribution in [2.24, 2.45) is 7.05 Å². The van der Waals surface area contributed by atoms with Gasteiger partial charge >= 0.3 is 5.97 Å². The maximum atomic E-state index is 12.3. The Kier molecular flexibility index (Phi) is 3.79. The van der Waals surface area contributed by atoms with Gasteiger partial charge in [0, 0.05) is 25.2 Å². The predicted molar refractivity (Wildman–Crippen MR) is 79.8 cm³/mol. The zero-order valence-electron chi connectivity index (χ0n) is 12.8. The Bertz CT molecular complexity index is 881. The van der Waals surface area contributed by atoms with Crippen LogP contribution in [0.4, 0.5) is 5.69 Å². The summed E-state index contributed by atoms with van der Waals surface area (Å²) in [6.07, 6.45) is 0. The van der Waals surface area contributed by atoms with E-state index >= 15 is 0 Å². The van der Waals surface area contributed by atoms with Crippen molar-refractivity contribution >= 4 is 17.6 Å². The molecule has 0 saturated heterocycles. The van der Waals surface area contributed by atoms with Crippen LogP contribution in [0.25, 0.3) is 0 Å². The fraction of sp³-hybridized carbons (Fsp3) is 0.200. The van der Waals surface area contributed by atoms with E-state index in [0.29, 0.717) is 11.5 Å². The largest absolute Gasteiger partial charge is 0.464 e. The van der Waals surface area contributed by atoms with E-state index in [-0.39, 0.29) is 29.4 Å². The van der Waals surface area contributed by atoms with E-state index < -0.39 is 11.9 Å². The number of nitriles is 1. The summed E-state index contributed by atoms with van der Waals surface area (Å²) in [7, 11) is 2.76. The number of hydrogen-bond donors (Lipinski definition) is 1. The molecule has 0 saturated carbocycles. The van der Waals surface area contributed by atoms with Crippen molar-refractivity contribution < 1.29 is 23.8 Å². The molecule has 9 nitrogen and oxygen atoms in total. The fourth-order valence-corrected chi connectivity index (χ4v) is 2.20. The van der Waals surface area contributed by atoms with Crippen LogP contribution < -0.4 is 14.8 Å². The Balaban J connectivity index is 1.88. The van der Waals surface area contributed by atoms with Crippen molar-refractivity contribution in [2.45, 2.75) is 0 Å². The lowest BCUT2D eigenvalue weighted by Gasteiger charge is -2.06. The molecule has 0 atom stereocenters. The smallest absolute Gasteiger partial charge is 0.356 e. The Hall–Kier alpha value is -3.54. The quantitative estimate of drug-likeness (QED) is 0.837. The highest BCUT2D eigenvalue weighted by atomic mass is 16.7. The molecule has 1 N–H and O–H groups in total. The summed E-state index contributed by atoms with van der Waals surface area (Å²) in [6.45, 7) is 0.0559. The van der Waals surface area contributed by atoms with Crippen LogP contribution in [0.1, 0.15) is 26.5 Å². The van der Waals surface area contributed by atoms with Crippen molar-refractivity contribution in [3.63, 3.8) is 0 Å². The average Bonchev–Trinajstić information content (AvgIpc) is 3.19. The van der Waals surface area contributed by atoms with Crippen LogP contribution >= 0.6 is 0 Å². The molecule has 9 heteroatoms. The zero-order chi connectivity index (χ0) is 17.3. The van der Waals surface area contributed by atoms with Crippen molar-refractivity contribution in [3.8, 4) is 17.6 Å². The number of hydrogen-bond acceptors (Lipinski definition) is 7. The van der Waals surface area contributed by atoms with E-state index in [2.05, 4.69) is 15.2 Å². The number of esters is 1. The number of aryl methyl sites for hydroxylation is 1. The second kappa shape index (κ2) is 5.92. The van der Waals surface area contributed by atoms with Crippen LogP contribution in [-0.2, 0) is 11.8 Å². The Morgan fingerprint density at radius 1 is 1.33 bits per heavy atom. The van der Waals surface area contributed by atoms with E-state index in [1.807, 2.05) is 6.07 Å². The van der Waals surface area contributed by atoms with Crippen LogP contribution in [0.3, 0.4) is 0 Å². The van der Waals surface area contributed by atoms with Gasteiger partial charge in [0.2, 0.25) is 6.79 Å². The number of carbonyl (C=O) groups is 2. The number of fused-ring (bicyclic) bond motifs is 1. The van der Waals surface area contributed by atoms with E-state index in [1.165, 1.54) is 37.0 Å². The van der Waals surface area contributed by atoms with Gasteiger partial charge in [0.1, 0.15) is 11.8 Å². The lowest BCUT2D eigenvalue weighted by atomic mass is 10.1. The van der Waals surface area contributed by atoms with Gasteiger partial charge in [0.05, 0.1) is 18.4 Å². The standard InChI is InChI=1S/C15H12N4O5/c1-19-11(15(21)22-2)4-10(18-19)14(20)17-9-5-13-12(23-7-24-13)3-8(9)6-16/h3-5H,7H2,1-2H3,(H,17,20). The van der Waals surface area contributed by atoms with E-state index in [0.717, 1.165) is 0 Å². The van der Waals surface area contributed by atoms with Crippen LogP contribution in [-0.4, -0.2) is 35.6 Å². The van der Waals surface area contributed by atoms with E-state index in [4.69, 9.17) is 9.47 Å². The first-order valence-electron chi connectivity index (χ1n) is 6.81. The molecule has 24 heavy (non-hydrogen) atoms. The van der Waals surface area contributed by atoms with Gasteiger partial charge in [-0.15, -0.1) is 0 Å². The Labute approximate surface area is 136 Å². The van der Waals surface area contributed by atoms with Crippen molar-refractivity contribution in [3.05, 3.63) is 35.2 Å². The van der Waals surface area contributed by atoms with Crippen LogP contribution in [0, 0.1) is 11.3 Å². The Morgan fingerprint density at radius 2 is 2.04 bits per heavy atom. The molecule has 1 aromatic heterocycles. The summed E-state index contributed by atoms with van der Waals surface area (Å²) < 4.78 is 16.3. The SMILES string of the molecule is COC(=O)c1cc(C(=O)Nc2cc3c(cc2C#N)OCO3)nn1C. The predicted octanol–water partition coefficient (Wildman–Crippen LogP) is 1.06. The van der Waals surface area contributed by atoms with Gasteiger partial charge < -0.3 is 19.5 Å². The minimum absolute atomic E-state index is 0.0134. The fourth-order valence-electron chi connectivity index (χ4n) is 2.20. The monoisotopic (exact) mass is 328 g/mol. The summed E-state index contributed by atoms with van der Waals surface area (Å²) in [5.74, 6) is -0.308. The molecule has 1 aliphatic rings. The van der Waals surface area contributed by atoms with Gasteiger partial charge in [-0.1, -0.05) is 0 Å². The molecule has 2 heterocycles. The first kappa shape index (κ1) is 15.4. The van der Waals surface area contributed by atoms with Gasteiger partial charge in [0.15, 0.2) is 17.2 Å². The maximum absolute atomic E-state index is 12.3. The third kappa shape index (κ3) is 2.61. The number of amides is 1. The third-order valence-corrected chi connectivity index (χ3v) is 3.39. The second-order valence-corrected chi connectivity index (χ2v) is 4.85. The molecule has 2 aromatic rings. The average molecular weight is 328 g/mol. The van der Waals surface area contributed by atoms with E-state index in [1.54, 1.807) is 0 Å². The van der Waals surface area contributed by atoms with Gasteiger partial charge in [-0.2, -0.15) is 10.4 Å².